The number of nitrogens with one attached hydrogen (secondary N) is 1. The molecule has 1 N–H and O–H groups in total. The van der Waals surface area contributed by atoms with E-state index in [1.807, 2.05) is 24.3 Å². The molecule has 1 aromatic carbocycles. The van der Waals surface area contributed by atoms with Crippen LogP contribution in [0.1, 0.15) is 11.3 Å². The zero-order valence-electron chi connectivity index (χ0n) is 13.9. The van der Waals surface area contributed by atoms with E-state index in [0.717, 1.165) is 11.0 Å². The molecule has 3 rings (SSSR count). The third-order valence-corrected chi connectivity index (χ3v) is 3.82. The number of fused-ring (bicyclic) bond motifs is 1. The lowest BCUT2D eigenvalue weighted by atomic mass is 10.3. The van der Waals surface area contributed by atoms with Gasteiger partial charge in [-0.15, -0.1) is 0 Å². The van der Waals surface area contributed by atoms with Gasteiger partial charge in [0.25, 0.3) is 5.56 Å². The standard InChI is InChI=1S/C17H17N5O3/c1-11-8-22(17(25)20-16(11)24)10-15(23)21(2)9-12-7-18-13-5-3-4-6-14(13)19-12/h3-8H,9-10H2,1-2H3,(H,20,24,25). The van der Waals surface area contributed by atoms with Crippen molar-refractivity contribution in [2.75, 3.05) is 7.05 Å². The van der Waals surface area contributed by atoms with Crippen molar-refractivity contribution in [3.05, 3.63) is 68.8 Å². The van der Waals surface area contributed by atoms with Crippen molar-refractivity contribution in [3.8, 4) is 0 Å². The van der Waals surface area contributed by atoms with E-state index in [2.05, 4.69) is 15.0 Å². The average molecular weight is 339 g/mol. The molecule has 0 unspecified atom stereocenters. The highest BCUT2D eigenvalue weighted by molar-refractivity contribution is 5.76. The minimum Gasteiger partial charge on any atom is -0.338 e. The third-order valence-electron chi connectivity index (χ3n) is 3.82. The van der Waals surface area contributed by atoms with Crippen LogP contribution in [0, 0.1) is 6.92 Å². The fourth-order valence-corrected chi connectivity index (χ4v) is 2.41. The molecule has 8 nitrogen and oxygen atoms in total. The molecule has 2 aromatic heterocycles. The van der Waals surface area contributed by atoms with E-state index in [-0.39, 0.29) is 19.0 Å². The van der Waals surface area contributed by atoms with Crippen LogP contribution in [0.25, 0.3) is 11.0 Å². The van der Waals surface area contributed by atoms with Crippen LogP contribution < -0.4 is 11.2 Å². The molecular weight excluding hydrogens is 322 g/mol. The molecule has 0 spiro atoms. The van der Waals surface area contributed by atoms with Gasteiger partial charge in [-0.05, 0) is 19.1 Å². The summed E-state index contributed by atoms with van der Waals surface area (Å²) in [4.78, 5) is 47.9. The molecule has 0 saturated carbocycles. The van der Waals surface area contributed by atoms with Gasteiger partial charge in [0.05, 0.1) is 29.5 Å². The molecule has 1 amide bonds. The number of likely N-dealkylation sites (N-methyl/N-ethyl adjacent to an activating group) is 1. The van der Waals surface area contributed by atoms with Crippen LogP contribution in [-0.2, 0) is 17.9 Å². The van der Waals surface area contributed by atoms with Gasteiger partial charge in [0.15, 0.2) is 0 Å². The lowest BCUT2D eigenvalue weighted by Gasteiger charge is -2.17. The fraction of sp³-hybridized carbons (Fsp3) is 0.235. The third kappa shape index (κ3) is 3.63. The Morgan fingerprint density at radius 3 is 2.72 bits per heavy atom. The van der Waals surface area contributed by atoms with Crippen LogP contribution >= 0.6 is 0 Å². The average Bonchev–Trinajstić information content (AvgIpc) is 2.59. The number of para-hydroxylation sites is 2. The van der Waals surface area contributed by atoms with Gasteiger partial charge < -0.3 is 4.90 Å². The minimum absolute atomic E-state index is 0.159. The number of carbonyl (C=O) groups excluding carboxylic acids is 1. The number of rotatable bonds is 4. The number of aromatic amines is 1. The lowest BCUT2D eigenvalue weighted by molar-refractivity contribution is -0.131. The molecule has 8 heteroatoms. The van der Waals surface area contributed by atoms with E-state index in [0.29, 0.717) is 11.3 Å². The summed E-state index contributed by atoms with van der Waals surface area (Å²) >= 11 is 0. The van der Waals surface area contributed by atoms with Gasteiger partial charge >= 0.3 is 5.69 Å². The first-order chi connectivity index (χ1) is 11.9. The van der Waals surface area contributed by atoms with Gasteiger partial charge in [0.1, 0.15) is 6.54 Å². The number of hydrogen-bond donors (Lipinski definition) is 1. The highest BCUT2D eigenvalue weighted by Gasteiger charge is 2.13. The second kappa shape index (κ2) is 6.68. The Bertz CT molecular complexity index is 1050. The Morgan fingerprint density at radius 2 is 1.96 bits per heavy atom. The van der Waals surface area contributed by atoms with Crippen molar-refractivity contribution in [2.45, 2.75) is 20.0 Å². The first-order valence-corrected chi connectivity index (χ1v) is 7.69. The number of carbonyl (C=O) groups is 1. The smallest absolute Gasteiger partial charge is 0.328 e. The molecule has 128 valence electrons. The van der Waals surface area contributed by atoms with E-state index in [1.54, 1.807) is 20.2 Å². The van der Waals surface area contributed by atoms with Crippen LogP contribution in [0.3, 0.4) is 0 Å². The van der Waals surface area contributed by atoms with Crippen molar-refractivity contribution >= 4 is 16.9 Å². The zero-order chi connectivity index (χ0) is 18.0. The van der Waals surface area contributed by atoms with Crippen LogP contribution in [-0.4, -0.2) is 37.4 Å². The van der Waals surface area contributed by atoms with Gasteiger partial charge in [-0.2, -0.15) is 0 Å². The van der Waals surface area contributed by atoms with Gasteiger partial charge in [-0.1, -0.05) is 12.1 Å². The van der Waals surface area contributed by atoms with Crippen molar-refractivity contribution in [2.24, 2.45) is 0 Å². The molecule has 0 fully saturated rings. The second-order valence-electron chi connectivity index (χ2n) is 5.80. The summed E-state index contributed by atoms with van der Waals surface area (Å²) in [5.74, 6) is -0.275. The quantitative estimate of drug-likeness (QED) is 0.743. The van der Waals surface area contributed by atoms with Gasteiger partial charge in [0.2, 0.25) is 5.91 Å². The Morgan fingerprint density at radius 1 is 1.24 bits per heavy atom. The van der Waals surface area contributed by atoms with Crippen molar-refractivity contribution < 1.29 is 4.79 Å². The highest BCUT2D eigenvalue weighted by atomic mass is 16.2. The number of benzene rings is 1. The molecule has 0 atom stereocenters. The Balaban J connectivity index is 1.75. The topological polar surface area (TPSA) is 101 Å². The van der Waals surface area contributed by atoms with Crippen LogP contribution in [0.15, 0.2) is 46.2 Å². The monoisotopic (exact) mass is 339 g/mol. The first-order valence-electron chi connectivity index (χ1n) is 7.69. The maximum absolute atomic E-state index is 12.4. The predicted molar refractivity (Wildman–Crippen MR) is 92.1 cm³/mol. The number of hydrogen-bond acceptors (Lipinski definition) is 5. The molecule has 2 heterocycles. The van der Waals surface area contributed by atoms with Gasteiger partial charge in [0, 0.05) is 18.8 Å². The molecule has 0 aliphatic heterocycles. The Kier molecular flexibility index (Phi) is 4.42. The Hall–Kier alpha value is -3.29. The maximum Gasteiger partial charge on any atom is 0.328 e. The SMILES string of the molecule is Cc1cn(CC(=O)N(C)Cc2cnc3ccccc3n2)c(=O)[nH]c1=O. The van der Waals surface area contributed by atoms with Gasteiger partial charge in [-0.3, -0.25) is 24.1 Å². The molecule has 0 radical (unpaired) electrons. The lowest BCUT2D eigenvalue weighted by Crippen LogP contribution is -2.37. The maximum atomic E-state index is 12.4. The van der Waals surface area contributed by atoms with E-state index < -0.39 is 11.2 Å². The summed E-state index contributed by atoms with van der Waals surface area (Å²) in [6, 6.07) is 7.49. The van der Waals surface area contributed by atoms with Crippen LogP contribution in [0.2, 0.25) is 0 Å². The zero-order valence-corrected chi connectivity index (χ0v) is 13.9. The van der Waals surface area contributed by atoms with Crippen LogP contribution in [0.4, 0.5) is 0 Å². The molecule has 3 aromatic rings. The molecule has 0 bridgehead atoms. The summed E-state index contributed by atoms with van der Waals surface area (Å²) in [5.41, 5.74) is 1.51. The number of amides is 1. The number of aryl methyl sites for hydroxylation is 1. The van der Waals surface area contributed by atoms with E-state index >= 15 is 0 Å². The first kappa shape index (κ1) is 16.6. The molecule has 25 heavy (non-hydrogen) atoms. The van der Waals surface area contributed by atoms with Crippen molar-refractivity contribution in [1.29, 1.82) is 0 Å². The van der Waals surface area contributed by atoms with E-state index in [4.69, 9.17) is 0 Å². The number of aromatic nitrogens is 4. The van der Waals surface area contributed by atoms with Crippen LogP contribution in [0.5, 0.6) is 0 Å². The summed E-state index contributed by atoms with van der Waals surface area (Å²) in [6.45, 7) is 1.69. The van der Waals surface area contributed by atoms with Gasteiger partial charge in [-0.25, -0.2) is 9.78 Å². The predicted octanol–water partition coefficient (Wildman–Crippen LogP) is 0.447. The highest BCUT2D eigenvalue weighted by Crippen LogP contribution is 2.09. The summed E-state index contributed by atoms with van der Waals surface area (Å²) in [5, 5.41) is 0. The largest absolute Gasteiger partial charge is 0.338 e. The minimum atomic E-state index is -0.608. The van der Waals surface area contributed by atoms with Crippen molar-refractivity contribution in [1.82, 2.24) is 24.4 Å². The van der Waals surface area contributed by atoms with Crippen molar-refractivity contribution in [3.63, 3.8) is 0 Å². The summed E-state index contributed by atoms with van der Waals surface area (Å²) < 4.78 is 1.18. The summed E-state index contributed by atoms with van der Waals surface area (Å²) in [6.07, 6.45) is 3.01. The molecular formula is C17H17N5O3. The van der Waals surface area contributed by atoms with E-state index in [9.17, 15) is 14.4 Å². The summed E-state index contributed by atoms with van der Waals surface area (Å²) in [7, 11) is 1.63. The normalized spacial score (nSPS) is 10.8. The molecule has 0 aliphatic rings. The van der Waals surface area contributed by atoms with E-state index in [1.165, 1.54) is 15.7 Å². The molecule has 0 aliphatic carbocycles. The fourth-order valence-electron chi connectivity index (χ4n) is 2.41. The Labute approximate surface area is 142 Å². The number of nitrogens with zero attached hydrogens (tertiary/aromatic N) is 4. The second-order valence-corrected chi connectivity index (χ2v) is 5.80. The number of H-pyrrole nitrogens is 1. The molecule has 0 saturated heterocycles.